The average Bonchev–Trinajstić information content (AvgIpc) is 2.59. The van der Waals surface area contributed by atoms with E-state index in [1.54, 1.807) is 13.2 Å². The smallest absolute Gasteiger partial charge is 0.244 e. The quantitative estimate of drug-likeness (QED) is 0.731. The molecule has 0 amide bonds. The first-order valence-corrected chi connectivity index (χ1v) is 8.77. The Labute approximate surface area is 142 Å². The third kappa shape index (κ3) is 4.36. The van der Waals surface area contributed by atoms with Crippen LogP contribution in [0.1, 0.15) is 0 Å². The van der Waals surface area contributed by atoms with Crippen LogP contribution in [-0.4, -0.2) is 52.1 Å². The van der Waals surface area contributed by atoms with Crippen molar-refractivity contribution in [2.75, 3.05) is 39.7 Å². The van der Waals surface area contributed by atoms with Gasteiger partial charge in [0.25, 0.3) is 0 Å². The molecule has 8 heteroatoms. The number of sulfonamides is 1. The van der Waals surface area contributed by atoms with E-state index in [9.17, 15) is 8.42 Å². The minimum absolute atomic E-state index is 0.156. The SMILES string of the molecule is COc1ccccc1OCCNc1ccc(S(=O)(=O)N(C)C)cn1. The van der Waals surface area contributed by atoms with E-state index in [1.165, 1.54) is 26.4 Å². The summed E-state index contributed by atoms with van der Waals surface area (Å²) in [5.74, 6) is 1.92. The van der Waals surface area contributed by atoms with Crippen molar-refractivity contribution in [2.45, 2.75) is 4.90 Å². The zero-order valence-corrected chi connectivity index (χ0v) is 14.7. The average molecular weight is 351 g/mol. The number of para-hydroxylation sites is 2. The fourth-order valence-corrected chi connectivity index (χ4v) is 2.77. The van der Waals surface area contributed by atoms with E-state index < -0.39 is 10.0 Å². The van der Waals surface area contributed by atoms with Crippen molar-refractivity contribution < 1.29 is 17.9 Å². The van der Waals surface area contributed by atoms with Gasteiger partial charge >= 0.3 is 0 Å². The number of anilines is 1. The van der Waals surface area contributed by atoms with Gasteiger partial charge in [-0.25, -0.2) is 17.7 Å². The first kappa shape index (κ1) is 18.0. The predicted octanol–water partition coefficient (Wildman–Crippen LogP) is 1.83. The zero-order chi connectivity index (χ0) is 17.6. The van der Waals surface area contributed by atoms with Crippen molar-refractivity contribution in [2.24, 2.45) is 0 Å². The van der Waals surface area contributed by atoms with E-state index in [0.29, 0.717) is 30.5 Å². The van der Waals surface area contributed by atoms with E-state index >= 15 is 0 Å². The number of nitrogens with zero attached hydrogens (tertiary/aromatic N) is 2. The summed E-state index contributed by atoms with van der Waals surface area (Å²) in [5, 5.41) is 3.07. The van der Waals surface area contributed by atoms with Crippen LogP contribution in [0.2, 0.25) is 0 Å². The van der Waals surface area contributed by atoms with Crippen LogP contribution in [0.25, 0.3) is 0 Å². The normalized spacial score (nSPS) is 11.3. The van der Waals surface area contributed by atoms with Crippen molar-refractivity contribution >= 4 is 15.8 Å². The molecule has 0 radical (unpaired) electrons. The number of rotatable bonds is 8. The van der Waals surface area contributed by atoms with Crippen molar-refractivity contribution in [1.82, 2.24) is 9.29 Å². The largest absolute Gasteiger partial charge is 0.493 e. The third-order valence-electron chi connectivity index (χ3n) is 3.25. The van der Waals surface area contributed by atoms with Gasteiger partial charge in [-0.05, 0) is 24.3 Å². The number of aromatic nitrogens is 1. The number of hydrogen-bond donors (Lipinski definition) is 1. The number of ether oxygens (including phenoxy) is 2. The molecule has 0 aliphatic heterocycles. The Bertz CT molecular complexity index is 761. The van der Waals surface area contributed by atoms with E-state index in [0.717, 1.165) is 4.31 Å². The third-order valence-corrected chi connectivity index (χ3v) is 5.05. The van der Waals surface area contributed by atoms with E-state index in [2.05, 4.69) is 10.3 Å². The highest BCUT2D eigenvalue weighted by Gasteiger charge is 2.17. The van der Waals surface area contributed by atoms with Crippen LogP contribution in [0.3, 0.4) is 0 Å². The summed E-state index contributed by atoms with van der Waals surface area (Å²) >= 11 is 0. The molecule has 1 N–H and O–H groups in total. The summed E-state index contributed by atoms with van der Waals surface area (Å²) in [7, 11) is 1.10. The maximum absolute atomic E-state index is 12.0. The lowest BCUT2D eigenvalue weighted by molar-refractivity contribution is 0.306. The van der Waals surface area contributed by atoms with Gasteiger partial charge in [-0.3, -0.25) is 0 Å². The van der Waals surface area contributed by atoms with Crippen LogP contribution in [0.15, 0.2) is 47.5 Å². The zero-order valence-electron chi connectivity index (χ0n) is 13.9. The maximum Gasteiger partial charge on any atom is 0.244 e. The Balaban J connectivity index is 1.87. The molecule has 0 fully saturated rings. The van der Waals surface area contributed by atoms with E-state index in [1.807, 2.05) is 24.3 Å². The Morgan fingerprint density at radius 1 is 1.12 bits per heavy atom. The molecule has 24 heavy (non-hydrogen) atoms. The molecule has 7 nitrogen and oxygen atoms in total. The fraction of sp³-hybridized carbons (Fsp3) is 0.312. The number of pyridine rings is 1. The highest BCUT2D eigenvalue weighted by Crippen LogP contribution is 2.25. The predicted molar refractivity (Wildman–Crippen MR) is 92.1 cm³/mol. The highest BCUT2D eigenvalue weighted by atomic mass is 32.2. The molecule has 2 rings (SSSR count). The molecule has 1 aromatic heterocycles. The minimum atomic E-state index is -3.46. The topological polar surface area (TPSA) is 80.8 Å². The number of benzene rings is 1. The molecule has 0 spiro atoms. The molecule has 2 aromatic rings. The lowest BCUT2D eigenvalue weighted by Gasteiger charge is -2.12. The molecule has 1 aromatic carbocycles. The lowest BCUT2D eigenvalue weighted by atomic mass is 10.3. The van der Waals surface area contributed by atoms with Gasteiger partial charge in [-0.2, -0.15) is 0 Å². The molecule has 0 atom stereocenters. The summed E-state index contributed by atoms with van der Waals surface area (Å²) in [6, 6.07) is 10.5. The van der Waals surface area contributed by atoms with E-state index in [4.69, 9.17) is 9.47 Å². The molecule has 0 saturated heterocycles. The first-order valence-electron chi connectivity index (χ1n) is 7.33. The standard InChI is InChI=1S/C16H21N3O4S/c1-19(2)24(20,21)13-8-9-16(18-12-13)17-10-11-23-15-7-5-4-6-14(15)22-3/h4-9,12H,10-11H2,1-3H3,(H,17,18). The van der Waals surface area contributed by atoms with Crippen LogP contribution >= 0.6 is 0 Å². The summed E-state index contributed by atoms with van der Waals surface area (Å²) in [6.07, 6.45) is 1.33. The second kappa shape index (κ2) is 7.98. The van der Waals surface area contributed by atoms with Crippen LogP contribution in [0.5, 0.6) is 11.5 Å². The van der Waals surface area contributed by atoms with Gasteiger partial charge in [-0.1, -0.05) is 12.1 Å². The van der Waals surface area contributed by atoms with Crippen molar-refractivity contribution in [3.05, 3.63) is 42.6 Å². The van der Waals surface area contributed by atoms with Gasteiger partial charge in [0.15, 0.2) is 11.5 Å². The van der Waals surface area contributed by atoms with Gasteiger partial charge in [0, 0.05) is 20.3 Å². The summed E-state index contributed by atoms with van der Waals surface area (Å²) in [5.41, 5.74) is 0. The van der Waals surface area contributed by atoms with Gasteiger partial charge in [0.1, 0.15) is 17.3 Å². The van der Waals surface area contributed by atoms with Crippen molar-refractivity contribution in [3.63, 3.8) is 0 Å². The van der Waals surface area contributed by atoms with E-state index in [-0.39, 0.29) is 4.90 Å². The van der Waals surface area contributed by atoms with Gasteiger partial charge < -0.3 is 14.8 Å². The summed E-state index contributed by atoms with van der Waals surface area (Å²) < 4.78 is 35.9. The molecular formula is C16H21N3O4S. The number of nitrogens with one attached hydrogen (secondary N) is 1. The maximum atomic E-state index is 12.0. The molecule has 0 aliphatic carbocycles. The van der Waals surface area contributed by atoms with Crippen LogP contribution < -0.4 is 14.8 Å². The van der Waals surface area contributed by atoms with Gasteiger partial charge in [0.2, 0.25) is 10.0 Å². The first-order chi connectivity index (χ1) is 11.4. The number of hydrogen-bond acceptors (Lipinski definition) is 6. The Hall–Kier alpha value is -2.32. The fourth-order valence-electron chi connectivity index (χ4n) is 1.93. The molecule has 0 saturated carbocycles. The Morgan fingerprint density at radius 2 is 1.83 bits per heavy atom. The lowest BCUT2D eigenvalue weighted by Crippen LogP contribution is -2.22. The van der Waals surface area contributed by atoms with Crippen LogP contribution in [-0.2, 0) is 10.0 Å². The number of methoxy groups -OCH3 is 1. The molecule has 0 unspecified atom stereocenters. The summed E-state index contributed by atoms with van der Waals surface area (Å²) in [6.45, 7) is 0.935. The highest BCUT2D eigenvalue weighted by molar-refractivity contribution is 7.89. The second-order valence-electron chi connectivity index (χ2n) is 5.09. The minimum Gasteiger partial charge on any atom is -0.493 e. The molecule has 130 valence electrons. The van der Waals surface area contributed by atoms with Gasteiger partial charge in [0.05, 0.1) is 13.7 Å². The molecule has 1 heterocycles. The molecular weight excluding hydrogens is 330 g/mol. The molecule has 0 bridgehead atoms. The Kier molecular flexibility index (Phi) is 5.99. The van der Waals surface area contributed by atoms with Crippen LogP contribution in [0.4, 0.5) is 5.82 Å². The monoisotopic (exact) mass is 351 g/mol. The summed E-state index contributed by atoms with van der Waals surface area (Å²) in [4.78, 5) is 4.26. The van der Waals surface area contributed by atoms with Gasteiger partial charge in [-0.15, -0.1) is 0 Å². The van der Waals surface area contributed by atoms with Crippen LogP contribution in [0, 0.1) is 0 Å². The van der Waals surface area contributed by atoms with Crippen molar-refractivity contribution in [3.8, 4) is 11.5 Å². The second-order valence-corrected chi connectivity index (χ2v) is 7.24. The molecule has 0 aliphatic rings. The Morgan fingerprint density at radius 3 is 2.42 bits per heavy atom. The van der Waals surface area contributed by atoms with Crippen molar-refractivity contribution in [1.29, 1.82) is 0 Å².